The van der Waals surface area contributed by atoms with Gasteiger partial charge in [0.1, 0.15) is 6.07 Å². The molecule has 0 saturated carbocycles. The summed E-state index contributed by atoms with van der Waals surface area (Å²) < 4.78 is 0. The second-order valence-electron chi connectivity index (χ2n) is 4.30. The molecule has 0 spiro atoms. The minimum atomic E-state index is 0.164. The van der Waals surface area contributed by atoms with Crippen molar-refractivity contribution in [3.8, 4) is 6.07 Å². The third kappa shape index (κ3) is 2.54. The highest BCUT2D eigenvalue weighted by Crippen LogP contribution is 2.28. The summed E-state index contributed by atoms with van der Waals surface area (Å²) in [6.45, 7) is 1.10. The van der Waals surface area contributed by atoms with Crippen molar-refractivity contribution in [3.63, 3.8) is 0 Å². The molecule has 1 unspecified atom stereocenters. The van der Waals surface area contributed by atoms with E-state index < -0.39 is 0 Å². The van der Waals surface area contributed by atoms with Gasteiger partial charge < -0.3 is 10.0 Å². The molecule has 1 aliphatic rings. The topological polar surface area (TPSA) is 47.3 Å². The molecular formula is C13H15ClN2O. The van der Waals surface area contributed by atoms with Crippen LogP contribution in [-0.4, -0.2) is 24.3 Å². The number of piperidine rings is 1. The Labute approximate surface area is 106 Å². The fourth-order valence-electron chi connectivity index (χ4n) is 2.30. The van der Waals surface area contributed by atoms with E-state index in [1.54, 1.807) is 6.07 Å². The van der Waals surface area contributed by atoms with E-state index in [1.165, 1.54) is 0 Å². The van der Waals surface area contributed by atoms with Gasteiger partial charge in [-0.05, 0) is 37.5 Å². The summed E-state index contributed by atoms with van der Waals surface area (Å²) in [7, 11) is 0. The third-order valence-corrected chi connectivity index (χ3v) is 3.56. The minimum absolute atomic E-state index is 0.164. The highest BCUT2D eigenvalue weighted by molar-refractivity contribution is 6.32. The Morgan fingerprint density at radius 2 is 2.29 bits per heavy atom. The van der Waals surface area contributed by atoms with E-state index in [9.17, 15) is 5.11 Å². The van der Waals surface area contributed by atoms with Crippen molar-refractivity contribution >= 4 is 17.3 Å². The lowest BCUT2D eigenvalue weighted by Gasteiger charge is -2.36. The van der Waals surface area contributed by atoms with Crippen LogP contribution in [0.5, 0.6) is 0 Å². The average Bonchev–Trinajstić information content (AvgIpc) is 2.38. The Balaban J connectivity index is 2.26. The second-order valence-corrected chi connectivity index (χ2v) is 4.71. The maximum Gasteiger partial charge on any atom is 0.101 e. The van der Waals surface area contributed by atoms with Crippen molar-refractivity contribution in [3.05, 3.63) is 28.8 Å². The first kappa shape index (κ1) is 12.2. The first-order valence-corrected chi connectivity index (χ1v) is 6.21. The van der Waals surface area contributed by atoms with Crippen molar-refractivity contribution in [2.75, 3.05) is 18.1 Å². The minimum Gasteiger partial charge on any atom is -0.394 e. The molecule has 1 aromatic rings. The smallest absolute Gasteiger partial charge is 0.101 e. The van der Waals surface area contributed by atoms with Crippen LogP contribution in [0.2, 0.25) is 5.02 Å². The Hall–Kier alpha value is -1.24. The lowest BCUT2D eigenvalue weighted by molar-refractivity contribution is 0.240. The van der Waals surface area contributed by atoms with Gasteiger partial charge >= 0.3 is 0 Å². The predicted octanol–water partition coefficient (Wildman–Crippen LogP) is 2.56. The number of benzene rings is 1. The SMILES string of the molecule is N#Cc1ccc(N2CCCCC2CO)cc1Cl. The molecule has 3 nitrogen and oxygen atoms in total. The van der Waals surface area contributed by atoms with Crippen LogP contribution in [-0.2, 0) is 0 Å². The Bertz CT molecular complexity index is 442. The van der Waals surface area contributed by atoms with Crippen LogP contribution in [0.3, 0.4) is 0 Å². The molecule has 0 aliphatic carbocycles. The normalized spacial score (nSPS) is 20.1. The number of nitrogens with zero attached hydrogens (tertiary/aromatic N) is 2. The molecule has 17 heavy (non-hydrogen) atoms. The number of halogens is 1. The summed E-state index contributed by atoms with van der Waals surface area (Å²) >= 11 is 6.03. The number of aliphatic hydroxyl groups is 1. The maximum absolute atomic E-state index is 9.37. The molecule has 0 aromatic heterocycles. The van der Waals surface area contributed by atoms with Crippen molar-refractivity contribution < 1.29 is 5.11 Å². The molecule has 4 heteroatoms. The van der Waals surface area contributed by atoms with Gasteiger partial charge in [-0.25, -0.2) is 0 Å². The number of aliphatic hydroxyl groups excluding tert-OH is 1. The molecule has 2 rings (SSSR count). The van der Waals surface area contributed by atoms with E-state index in [0.717, 1.165) is 31.5 Å². The molecule has 0 bridgehead atoms. The van der Waals surface area contributed by atoms with Gasteiger partial charge in [0.25, 0.3) is 0 Å². The molecule has 1 heterocycles. The van der Waals surface area contributed by atoms with Crippen LogP contribution < -0.4 is 4.90 Å². The van der Waals surface area contributed by atoms with Crippen molar-refractivity contribution in [2.24, 2.45) is 0 Å². The van der Waals surface area contributed by atoms with E-state index in [4.69, 9.17) is 16.9 Å². The second kappa shape index (κ2) is 5.39. The lowest BCUT2D eigenvalue weighted by Crippen LogP contribution is -2.41. The third-order valence-electron chi connectivity index (χ3n) is 3.24. The van der Waals surface area contributed by atoms with E-state index in [0.29, 0.717) is 10.6 Å². The summed E-state index contributed by atoms with van der Waals surface area (Å²) in [6, 6.07) is 7.68. The van der Waals surface area contributed by atoms with Gasteiger partial charge in [0.2, 0.25) is 0 Å². The molecule has 1 saturated heterocycles. The van der Waals surface area contributed by atoms with Gasteiger partial charge in [0.05, 0.1) is 23.2 Å². The fraction of sp³-hybridized carbons (Fsp3) is 0.462. The number of rotatable bonds is 2. The summed E-state index contributed by atoms with van der Waals surface area (Å²) in [5.74, 6) is 0. The number of hydrogen-bond donors (Lipinski definition) is 1. The predicted molar refractivity (Wildman–Crippen MR) is 68.2 cm³/mol. The van der Waals surface area contributed by atoms with Crippen molar-refractivity contribution in [1.29, 1.82) is 5.26 Å². The van der Waals surface area contributed by atoms with Gasteiger partial charge in [0, 0.05) is 12.2 Å². The molecule has 0 amide bonds. The largest absolute Gasteiger partial charge is 0.394 e. The fourth-order valence-corrected chi connectivity index (χ4v) is 2.52. The Morgan fingerprint density at radius 1 is 1.47 bits per heavy atom. The standard InChI is InChI=1S/C13H15ClN2O/c14-13-7-11(5-4-10(13)8-15)16-6-2-1-3-12(16)9-17/h4-5,7,12,17H,1-3,6,9H2. The van der Waals surface area contributed by atoms with Gasteiger partial charge in [0.15, 0.2) is 0 Å². The Morgan fingerprint density at radius 3 is 2.94 bits per heavy atom. The van der Waals surface area contributed by atoms with Crippen LogP contribution in [0.1, 0.15) is 24.8 Å². The van der Waals surface area contributed by atoms with Gasteiger partial charge in [-0.15, -0.1) is 0 Å². The van der Waals surface area contributed by atoms with E-state index in [-0.39, 0.29) is 12.6 Å². The van der Waals surface area contributed by atoms with Gasteiger partial charge in [-0.1, -0.05) is 11.6 Å². The van der Waals surface area contributed by atoms with E-state index >= 15 is 0 Å². The lowest BCUT2D eigenvalue weighted by atomic mass is 10.0. The zero-order valence-corrected chi connectivity index (χ0v) is 10.3. The monoisotopic (exact) mass is 250 g/mol. The number of nitriles is 1. The zero-order chi connectivity index (χ0) is 12.3. The van der Waals surface area contributed by atoms with Crippen LogP contribution in [0.25, 0.3) is 0 Å². The van der Waals surface area contributed by atoms with E-state index in [1.807, 2.05) is 12.1 Å². The quantitative estimate of drug-likeness (QED) is 0.878. The van der Waals surface area contributed by atoms with Crippen molar-refractivity contribution in [1.82, 2.24) is 0 Å². The Kier molecular flexibility index (Phi) is 3.88. The first-order valence-electron chi connectivity index (χ1n) is 5.83. The number of hydrogen-bond acceptors (Lipinski definition) is 3. The summed E-state index contributed by atoms with van der Waals surface area (Å²) in [4.78, 5) is 2.18. The maximum atomic E-state index is 9.37. The van der Waals surface area contributed by atoms with Crippen LogP contribution in [0, 0.1) is 11.3 Å². The molecule has 1 aromatic carbocycles. The van der Waals surface area contributed by atoms with Crippen LogP contribution in [0.4, 0.5) is 5.69 Å². The van der Waals surface area contributed by atoms with Gasteiger partial charge in [-0.3, -0.25) is 0 Å². The zero-order valence-electron chi connectivity index (χ0n) is 9.56. The van der Waals surface area contributed by atoms with Crippen LogP contribution in [0.15, 0.2) is 18.2 Å². The molecule has 1 N–H and O–H groups in total. The summed E-state index contributed by atoms with van der Waals surface area (Å²) in [6.07, 6.45) is 3.30. The molecule has 0 radical (unpaired) electrons. The number of anilines is 1. The molecule has 90 valence electrons. The molecule has 1 atom stereocenters. The summed E-state index contributed by atoms with van der Waals surface area (Å²) in [5.41, 5.74) is 1.49. The van der Waals surface area contributed by atoms with Gasteiger partial charge in [-0.2, -0.15) is 5.26 Å². The van der Waals surface area contributed by atoms with Crippen molar-refractivity contribution in [2.45, 2.75) is 25.3 Å². The highest BCUT2D eigenvalue weighted by atomic mass is 35.5. The molecule has 1 aliphatic heterocycles. The first-order chi connectivity index (χ1) is 8.26. The molecular weight excluding hydrogens is 236 g/mol. The summed E-state index contributed by atoms with van der Waals surface area (Å²) in [5, 5.41) is 18.7. The molecule has 1 fully saturated rings. The van der Waals surface area contributed by atoms with Crippen LogP contribution >= 0.6 is 11.6 Å². The highest BCUT2D eigenvalue weighted by Gasteiger charge is 2.22. The average molecular weight is 251 g/mol. The van der Waals surface area contributed by atoms with E-state index in [2.05, 4.69) is 11.0 Å².